The first-order chi connectivity index (χ1) is 14.2. The van der Waals surface area contributed by atoms with E-state index in [4.69, 9.17) is 4.74 Å². The van der Waals surface area contributed by atoms with Crippen LogP contribution < -0.4 is 10.1 Å². The van der Waals surface area contributed by atoms with Crippen molar-refractivity contribution < 1.29 is 9.53 Å². The van der Waals surface area contributed by atoms with Gasteiger partial charge in [-0.3, -0.25) is 4.79 Å². The van der Waals surface area contributed by atoms with Crippen molar-refractivity contribution in [1.29, 1.82) is 0 Å². The Kier molecular flexibility index (Phi) is 6.09. The standard InChI is InChI=1S/C25H28N2O2/c1-2-26-25(28)24(19-8-3-4-9-19)20-12-15-22(16-13-20)29-17-21-14-11-18-7-5-6-10-23(18)27-21/h5-7,10-16,19,24H,2-4,8-9,17H2,1H3,(H,26,28). The molecule has 0 bridgehead atoms. The number of para-hydroxylation sites is 1. The Morgan fingerprint density at radius 2 is 1.83 bits per heavy atom. The summed E-state index contributed by atoms with van der Waals surface area (Å²) in [5.41, 5.74) is 2.96. The van der Waals surface area contributed by atoms with Gasteiger partial charge in [-0.15, -0.1) is 0 Å². The van der Waals surface area contributed by atoms with Crippen molar-refractivity contribution in [3.8, 4) is 5.75 Å². The Bertz CT molecular complexity index is 962. The summed E-state index contributed by atoms with van der Waals surface area (Å²) < 4.78 is 5.95. The lowest BCUT2D eigenvalue weighted by atomic mass is 9.84. The minimum absolute atomic E-state index is 0.0614. The van der Waals surface area contributed by atoms with Crippen molar-refractivity contribution in [2.24, 2.45) is 5.92 Å². The zero-order valence-corrected chi connectivity index (χ0v) is 16.9. The van der Waals surface area contributed by atoms with E-state index < -0.39 is 0 Å². The van der Waals surface area contributed by atoms with Crippen LogP contribution in [0.5, 0.6) is 5.75 Å². The third-order valence-corrected chi connectivity index (χ3v) is 5.79. The fourth-order valence-electron chi connectivity index (χ4n) is 4.33. The number of fused-ring (bicyclic) bond motifs is 1. The van der Waals surface area contributed by atoms with Gasteiger partial charge in [-0.1, -0.05) is 49.2 Å². The second-order valence-corrected chi connectivity index (χ2v) is 7.77. The van der Waals surface area contributed by atoms with Gasteiger partial charge in [0.05, 0.1) is 17.1 Å². The van der Waals surface area contributed by atoms with Crippen molar-refractivity contribution in [3.63, 3.8) is 0 Å². The molecule has 1 aliphatic carbocycles. The molecule has 1 N–H and O–H groups in total. The topological polar surface area (TPSA) is 51.2 Å². The van der Waals surface area contributed by atoms with E-state index in [0.717, 1.165) is 40.8 Å². The van der Waals surface area contributed by atoms with Gasteiger partial charge in [0.25, 0.3) is 0 Å². The van der Waals surface area contributed by atoms with Gasteiger partial charge in [0.2, 0.25) is 5.91 Å². The van der Waals surface area contributed by atoms with Crippen LogP contribution in [0.2, 0.25) is 0 Å². The molecule has 29 heavy (non-hydrogen) atoms. The number of ether oxygens (including phenoxy) is 1. The molecule has 1 aromatic heterocycles. The summed E-state index contributed by atoms with van der Waals surface area (Å²) in [7, 11) is 0. The molecule has 4 nitrogen and oxygen atoms in total. The lowest BCUT2D eigenvalue weighted by molar-refractivity contribution is -0.123. The molecule has 0 saturated heterocycles. The number of amides is 1. The maximum atomic E-state index is 12.7. The third kappa shape index (κ3) is 4.58. The van der Waals surface area contributed by atoms with Crippen LogP contribution >= 0.6 is 0 Å². The summed E-state index contributed by atoms with van der Waals surface area (Å²) in [4.78, 5) is 17.3. The highest BCUT2D eigenvalue weighted by atomic mass is 16.5. The normalized spacial score (nSPS) is 15.3. The van der Waals surface area contributed by atoms with Gasteiger partial charge in [0, 0.05) is 11.9 Å². The Morgan fingerprint density at radius 1 is 1.07 bits per heavy atom. The minimum atomic E-state index is -0.0614. The Morgan fingerprint density at radius 3 is 2.59 bits per heavy atom. The molecule has 0 radical (unpaired) electrons. The highest BCUT2D eigenvalue weighted by Crippen LogP contribution is 2.38. The molecule has 1 heterocycles. The first-order valence-corrected chi connectivity index (χ1v) is 10.6. The van der Waals surface area contributed by atoms with Crippen LogP contribution in [-0.4, -0.2) is 17.4 Å². The van der Waals surface area contributed by atoms with E-state index in [0.29, 0.717) is 19.1 Å². The number of carbonyl (C=O) groups is 1. The Balaban J connectivity index is 1.45. The highest BCUT2D eigenvalue weighted by molar-refractivity contribution is 5.84. The van der Waals surface area contributed by atoms with Crippen molar-refractivity contribution in [1.82, 2.24) is 10.3 Å². The van der Waals surface area contributed by atoms with Crippen LogP contribution in [0.4, 0.5) is 0 Å². The number of nitrogens with zero attached hydrogens (tertiary/aromatic N) is 1. The molecular formula is C25H28N2O2. The first-order valence-electron chi connectivity index (χ1n) is 10.6. The summed E-state index contributed by atoms with van der Waals surface area (Å²) in [6, 6.07) is 20.2. The molecule has 4 rings (SSSR count). The SMILES string of the molecule is CCNC(=O)C(c1ccc(OCc2ccc3ccccc3n2)cc1)C1CCCC1. The zero-order valence-electron chi connectivity index (χ0n) is 16.9. The molecular weight excluding hydrogens is 360 g/mol. The molecule has 1 fully saturated rings. The number of benzene rings is 2. The Labute approximate surface area is 172 Å². The predicted molar refractivity (Wildman–Crippen MR) is 116 cm³/mol. The summed E-state index contributed by atoms with van der Waals surface area (Å²) in [5, 5.41) is 4.15. The molecule has 1 amide bonds. The van der Waals surface area contributed by atoms with Gasteiger partial charge in [0.15, 0.2) is 0 Å². The Hall–Kier alpha value is -2.88. The summed E-state index contributed by atoms with van der Waals surface area (Å²) in [5.74, 6) is 1.32. The number of hydrogen-bond acceptors (Lipinski definition) is 3. The molecule has 1 unspecified atom stereocenters. The number of likely N-dealkylation sites (N-methyl/N-ethyl adjacent to an activating group) is 1. The maximum absolute atomic E-state index is 12.7. The van der Waals surface area contributed by atoms with Crippen LogP contribution in [0.25, 0.3) is 10.9 Å². The second-order valence-electron chi connectivity index (χ2n) is 7.77. The molecule has 150 valence electrons. The van der Waals surface area contributed by atoms with Crippen LogP contribution in [0.1, 0.15) is 49.8 Å². The van der Waals surface area contributed by atoms with E-state index in [9.17, 15) is 4.79 Å². The van der Waals surface area contributed by atoms with Gasteiger partial charge in [-0.25, -0.2) is 4.98 Å². The number of aromatic nitrogens is 1. The third-order valence-electron chi connectivity index (χ3n) is 5.79. The van der Waals surface area contributed by atoms with Gasteiger partial charge in [0.1, 0.15) is 12.4 Å². The van der Waals surface area contributed by atoms with Crippen molar-refractivity contribution >= 4 is 16.8 Å². The van der Waals surface area contributed by atoms with E-state index in [2.05, 4.69) is 22.4 Å². The molecule has 1 atom stereocenters. The summed E-state index contributed by atoms with van der Waals surface area (Å²) in [6.07, 6.45) is 4.71. The van der Waals surface area contributed by atoms with Crippen LogP contribution in [-0.2, 0) is 11.4 Å². The van der Waals surface area contributed by atoms with Crippen molar-refractivity contribution in [3.05, 3.63) is 71.9 Å². The van der Waals surface area contributed by atoms with E-state index >= 15 is 0 Å². The predicted octanol–water partition coefficient (Wildman–Crippen LogP) is 5.22. The summed E-state index contributed by atoms with van der Waals surface area (Å²) in [6.45, 7) is 3.07. The second kappa shape index (κ2) is 9.08. The first kappa shape index (κ1) is 19.4. The lowest BCUT2D eigenvalue weighted by Gasteiger charge is -2.23. The van der Waals surface area contributed by atoms with E-state index in [-0.39, 0.29) is 11.8 Å². The van der Waals surface area contributed by atoms with Gasteiger partial charge < -0.3 is 10.1 Å². The van der Waals surface area contributed by atoms with Gasteiger partial charge in [-0.2, -0.15) is 0 Å². The number of carbonyl (C=O) groups excluding carboxylic acids is 1. The van der Waals surface area contributed by atoms with Crippen LogP contribution in [0.15, 0.2) is 60.7 Å². The quantitative estimate of drug-likeness (QED) is 0.603. The van der Waals surface area contributed by atoms with Crippen molar-refractivity contribution in [2.45, 2.75) is 45.1 Å². The smallest absolute Gasteiger partial charge is 0.227 e. The zero-order chi connectivity index (χ0) is 20.1. The van der Waals surface area contributed by atoms with Gasteiger partial charge >= 0.3 is 0 Å². The molecule has 1 aliphatic rings. The molecule has 3 aromatic rings. The van der Waals surface area contributed by atoms with Gasteiger partial charge in [-0.05, 0) is 55.5 Å². The molecule has 4 heteroatoms. The molecule has 2 aromatic carbocycles. The molecule has 1 saturated carbocycles. The van der Waals surface area contributed by atoms with E-state index in [1.54, 1.807) is 0 Å². The lowest BCUT2D eigenvalue weighted by Crippen LogP contribution is -2.32. The largest absolute Gasteiger partial charge is 0.487 e. The van der Waals surface area contributed by atoms with Crippen LogP contribution in [0.3, 0.4) is 0 Å². The monoisotopic (exact) mass is 388 g/mol. The minimum Gasteiger partial charge on any atom is -0.487 e. The highest BCUT2D eigenvalue weighted by Gasteiger charge is 2.31. The average Bonchev–Trinajstić information content (AvgIpc) is 3.28. The summed E-state index contributed by atoms with van der Waals surface area (Å²) >= 11 is 0. The van der Waals surface area contributed by atoms with E-state index in [1.165, 1.54) is 12.8 Å². The number of pyridine rings is 1. The van der Waals surface area contributed by atoms with E-state index in [1.807, 2.05) is 55.5 Å². The van der Waals surface area contributed by atoms with Crippen LogP contribution in [0, 0.1) is 5.92 Å². The molecule has 0 spiro atoms. The van der Waals surface area contributed by atoms with Crippen molar-refractivity contribution in [2.75, 3.05) is 6.54 Å². The maximum Gasteiger partial charge on any atom is 0.227 e. The average molecular weight is 389 g/mol. The molecule has 0 aliphatic heterocycles. The number of nitrogens with one attached hydrogen (secondary N) is 1. The fourth-order valence-corrected chi connectivity index (χ4v) is 4.33. The fraction of sp³-hybridized carbons (Fsp3) is 0.360. The number of rotatable bonds is 7. The number of hydrogen-bond donors (Lipinski definition) is 1.